The lowest BCUT2D eigenvalue weighted by Crippen LogP contribution is -2.35. The van der Waals surface area contributed by atoms with Crippen LogP contribution in [-0.4, -0.2) is 22.3 Å². The minimum atomic E-state index is -4.76. The number of sulfonamides is 1. The predicted octanol–water partition coefficient (Wildman–Crippen LogP) is 5.43. The van der Waals surface area contributed by atoms with E-state index in [1.165, 1.54) is 38.3 Å². The highest BCUT2D eigenvalue weighted by Gasteiger charge is 2.42. The highest BCUT2D eigenvalue weighted by molar-refractivity contribution is 7.93. The van der Waals surface area contributed by atoms with Crippen LogP contribution in [0.2, 0.25) is 0 Å². The Hall–Kier alpha value is -3.66. The lowest BCUT2D eigenvalue weighted by atomic mass is 9.94. The van der Waals surface area contributed by atoms with Crippen LogP contribution in [0.25, 0.3) is 5.57 Å². The van der Waals surface area contributed by atoms with Crippen molar-refractivity contribution < 1.29 is 35.8 Å². The quantitative estimate of drug-likeness (QED) is 0.491. The maximum Gasteiger partial charge on any atom is 0.418 e. The molecule has 0 unspecified atom stereocenters. The number of allylic oxidation sites excluding steroid dienone is 1. The molecule has 0 fully saturated rings. The summed E-state index contributed by atoms with van der Waals surface area (Å²) in [6.45, 7) is 1.47. The van der Waals surface area contributed by atoms with Crippen LogP contribution in [0, 0.1) is 0 Å². The maximum absolute atomic E-state index is 13.9. The fraction of sp³-hybridized carbons (Fsp3) is 0.167. The van der Waals surface area contributed by atoms with Gasteiger partial charge < -0.3 is 14.2 Å². The molecule has 5 rings (SSSR count). The first-order chi connectivity index (χ1) is 16.1. The van der Waals surface area contributed by atoms with Crippen LogP contribution in [0.4, 0.5) is 18.9 Å². The van der Waals surface area contributed by atoms with Crippen molar-refractivity contribution >= 4 is 21.3 Å². The zero-order valence-corrected chi connectivity index (χ0v) is 18.8. The van der Waals surface area contributed by atoms with Crippen LogP contribution in [-0.2, 0) is 16.2 Å². The Labute approximate surface area is 193 Å². The molecule has 6 nitrogen and oxygen atoms in total. The van der Waals surface area contributed by atoms with Gasteiger partial charge in [-0.3, -0.25) is 0 Å². The van der Waals surface area contributed by atoms with E-state index in [0.29, 0.717) is 33.9 Å². The van der Waals surface area contributed by atoms with Crippen molar-refractivity contribution in [2.45, 2.75) is 18.0 Å². The summed E-state index contributed by atoms with van der Waals surface area (Å²) in [5.74, 6) is 1.15. The van der Waals surface area contributed by atoms with Gasteiger partial charge in [0, 0.05) is 16.8 Å². The van der Waals surface area contributed by atoms with Gasteiger partial charge >= 0.3 is 6.18 Å². The van der Waals surface area contributed by atoms with Crippen molar-refractivity contribution in [1.29, 1.82) is 0 Å². The van der Waals surface area contributed by atoms with Crippen molar-refractivity contribution in [2.24, 2.45) is 0 Å². The van der Waals surface area contributed by atoms with Gasteiger partial charge in [0.1, 0.15) is 0 Å². The number of alkyl halides is 3. The Kier molecular flexibility index (Phi) is 5.01. The highest BCUT2D eigenvalue weighted by atomic mass is 32.2. The first-order valence-corrected chi connectivity index (χ1v) is 11.6. The standard InChI is InChI=1S/C24H18F3NO5S/c1-14-22(15-11-19(31-2)23-20(12-15)32-13-33-23)16-7-3-6-10-21(16)34(29,30)28(14)18-9-5-4-8-17(18)24(25,26)27/h3-12H,13H2,1-2H3. The Morgan fingerprint density at radius 2 is 1.71 bits per heavy atom. The van der Waals surface area contributed by atoms with E-state index in [2.05, 4.69) is 0 Å². The van der Waals surface area contributed by atoms with E-state index in [9.17, 15) is 21.6 Å². The van der Waals surface area contributed by atoms with Gasteiger partial charge in [0.05, 0.1) is 23.3 Å². The third-order valence-corrected chi connectivity index (χ3v) is 7.58. The van der Waals surface area contributed by atoms with Crippen molar-refractivity contribution in [3.63, 3.8) is 0 Å². The average molecular weight is 489 g/mol. The van der Waals surface area contributed by atoms with Crippen LogP contribution in [0.3, 0.4) is 0 Å². The Morgan fingerprint density at radius 3 is 2.44 bits per heavy atom. The molecular formula is C24H18F3NO5S. The molecule has 0 amide bonds. The second kappa shape index (κ2) is 7.69. The third kappa shape index (κ3) is 3.28. The smallest absolute Gasteiger partial charge is 0.418 e. The second-order valence-electron chi connectivity index (χ2n) is 7.65. The SMILES string of the molecule is COc1cc(C2=C(C)N(c3ccccc3C(F)(F)F)S(=O)(=O)c3ccccc32)cc2c1OCO2. The first kappa shape index (κ1) is 22.1. The van der Waals surface area contributed by atoms with Gasteiger partial charge in [0.25, 0.3) is 10.0 Å². The molecule has 176 valence electrons. The van der Waals surface area contributed by atoms with E-state index in [0.717, 1.165) is 16.4 Å². The summed E-state index contributed by atoms with van der Waals surface area (Å²) in [5.41, 5.74) is -0.125. The van der Waals surface area contributed by atoms with Crippen LogP contribution < -0.4 is 18.5 Å². The molecular weight excluding hydrogens is 471 g/mol. The molecule has 2 aliphatic rings. The fourth-order valence-corrected chi connectivity index (χ4v) is 6.08. The maximum atomic E-state index is 13.9. The minimum Gasteiger partial charge on any atom is -0.493 e. The van der Waals surface area contributed by atoms with Gasteiger partial charge in [0.2, 0.25) is 12.5 Å². The molecule has 3 aromatic carbocycles. The van der Waals surface area contributed by atoms with Crippen molar-refractivity contribution in [3.8, 4) is 17.2 Å². The molecule has 2 aliphatic heterocycles. The second-order valence-corrected chi connectivity index (χ2v) is 9.41. The molecule has 0 saturated heterocycles. The highest BCUT2D eigenvalue weighted by Crippen LogP contribution is 2.49. The summed E-state index contributed by atoms with van der Waals surface area (Å²) in [5, 5.41) is 0. The molecule has 0 radical (unpaired) electrons. The van der Waals surface area contributed by atoms with Crippen LogP contribution >= 0.6 is 0 Å². The largest absolute Gasteiger partial charge is 0.493 e. The van der Waals surface area contributed by atoms with E-state index in [1.54, 1.807) is 24.3 Å². The molecule has 34 heavy (non-hydrogen) atoms. The minimum absolute atomic E-state index is 0.0107. The molecule has 0 aliphatic carbocycles. The number of nitrogens with zero attached hydrogens (tertiary/aromatic N) is 1. The first-order valence-electron chi connectivity index (χ1n) is 10.1. The zero-order valence-electron chi connectivity index (χ0n) is 18.0. The average Bonchev–Trinajstić information content (AvgIpc) is 3.27. The Bertz CT molecular complexity index is 1450. The molecule has 0 saturated carbocycles. The number of ether oxygens (including phenoxy) is 3. The summed E-state index contributed by atoms with van der Waals surface area (Å²) >= 11 is 0. The number of benzene rings is 3. The van der Waals surface area contributed by atoms with Gasteiger partial charge in [-0.05, 0) is 42.8 Å². The number of hydrogen-bond donors (Lipinski definition) is 0. The molecule has 0 atom stereocenters. The van der Waals surface area contributed by atoms with E-state index in [-0.39, 0.29) is 17.4 Å². The Morgan fingerprint density at radius 1 is 1.00 bits per heavy atom. The predicted molar refractivity (Wildman–Crippen MR) is 118 cm³/mol. The molecule has 0 aromatic heterocycles. The number of para-hydroxylation sites is 1. The van der Waals surface area contributed by atoms with Crippen molar-refractivity contribution in [3.05, 3.63) is 83.1 Å². The lowest BCUT2D eigenvalue weighted by Gasteiger charge is -2.34. The van der Waals surface area contributed by atoms with E-state index in [4.69, 9.17) is 14.2 Å². The number of hydrogen-bond acceptors (Lipinski definition) is 5. The number of rotatable bonds is 3. The molecule has 0 bridgehead atoms. The zero-order chi connectivity index (χ0) is 24.3. The van der Waals surface area contributed by atoms with Gasteiger partial charge in [0.15, 0.2) is 11.5 Å². The van der Waals surface area contributed by atoms with Crippen LogP contribution in [0.5, 0.6) is 17.2 Å². The van der Waals surface area contributed by atoms with Crippen LogP contribution in [0.15, 0.2) is 71.3 Å². The van der Waals surface area contributed by atoms with Gasteiger partial charge in [-0.1, -0.05) is 30.3 Å². The summed E-state index contributed by atoms with van der Waals surface area (Å²) in [6.07, 6.45) is -4.76. The summed E-state index contributed by atoms with van der Waals surface area (Å²) in [6, 6.07) is 14.1. The summed E-state index contributed by atoms with van der Waals surface area (Å²) in [4.78, 5) is -0.107. The van der Waals surface area contributed by atoms with E-state index in [1.807, 2.05) is 0 Å². The number of anilines is 1. The molecule has 2 heterocycles. The van der Waals surface area contributed by atoms with Gasteiger partial charge in [-0.15, -0.1) is 0 Å². The molecule has 0 N–H and O–H groups in total. The topological polar surface area (TPSA) is 65.1 Å². The summed E-state index contributed by atoms with van der Waals surface area (Å²) in [7, 11) is -2.90. The van der Waals surface area contributed by atoms with E-state index >= 15 is 0 Å². The normalized spacial score (nSPS) is 16.4. The molecule has 10 heteroatoms. The van der Waals surface area contributed by atoms with E-state index < -0.39 is 27.5 Å². The lowest BCUT2D eigenvalue weighted by molar-refractivity contribution is -0.137. The number of halogens is 3. The van der Waals surface area contributed by atoms with Crippen molar-refractivity contribution in [2.75, 3.05) is 18.2 Å². The number of fused-ring (bicyclic) bond motifs is 2. The fourth-order valence-electron chi connectivity index (χ4n) is 4.31. The monoisotopic (exact) mass is 489 g/mol. The summed E-state index contributed by atoms with van der Waals surface area (Å²) < 4.78 is 86.0. The third-order valence-electron chi connectivity index (χ3n) is 5.72. The van der Waals surface area contributed by atoms with Gasteiger partial charge in [-0.2, -0.15) is 13.2 Å². The van der Waals surface area contributed by atoms with Crippen LogP contribution in [0.1, 0.15) is 23.6 Å². The van der Waals surface area contributed by atoms with Gasteiger partial charge in [-0.25, -0.2) is 12.7 Å². The molecule has 3 aromatic rings. The molecule has 0 spiro atoms. The van der Waals surface area contributed by atoms with Crippen molar-refractivity contribution in [1.82, 2.24) is 0 Å². The Balaban J connectivity index is 1.84. The number of methoxy groups -OCH3 is 1.